The molecule has 0 aliphatic carbocycles. The molecule has 128 valence electrons. The van der Waals surface area contributed by atoms with E-state index in [2.05, 4.69) is 4.98 Å². The van der Waals surface area contributed by atoms with Crippen LogP contribution in [0.15, 0.2) is 41.4 Å². The first-order valence-electron chi connectivity index (χ1n) is 6.01. The summed E-state index contributed by atoms with van der Waals surface area (Å²) in [6.07, 6.45) is -3.58. The molecule has 24 heavy (non-hydrogen) atoms. The molecule has 1 heterocycles. The third-order valence-corrected chi connectivity index (χ3v) is 4.49. The maximum absolute atomic E-state index is 12.6. The fourth-order valence-corrected chi connectivity index (χ4v) is 3.17. The van der Waals surface area contributed by atoms with Gasteiger partial charge in [0.2, 0.25) is 0 Å². The zero-order valence-corrected chi connectivity index (χ0v) is 13.0. The average Bonchev–Trinajstić information content (AvgIpc) is 2.48. The zero-order chi connectivity index (χ0) is 18.1. The number of benzene rings is 1. The summed E-state index contributed by atoms with van der Waals surface area (Å²) in [5.41, 5.74) is -2.72. The molecule has 0 fully saturated rings. The molecule has 0 saturated carbocycles. The molecule has 1 N–H and O–H groups in total. The highest BCUT2D eigenvalue weighted by atomic mass is 35.5. The van der Waals surface area contributed by atoms with E-state index in [1.54, 1.807) is 0 Å². The maximum atomic E-state index is 12.6. The van der Waals surface area contributed by atoms with Gasteiger partial charge in [0.05, 0.1) is 16.2 Å². The molecule has 7 nitrogen and oxygen atoms in total. The van der Waals surface area contributed by atoms with Crippen molar-refractivity contribution < 1.29 is 26.5 Å². The third kappa shape index (κ3) is 3.74. The summed E-state index contributed by atoms with van der Waals surface area (Å²) in [6, 6.07) is 3.69. The summed E-state index contributed by atoms with van der Waals surface area (Å²) in [5, 5.41) is 10.7. The summed E-state index contributed by atoms with van der Waals surface area (Å²) in [6.45, 7) is 0. The van der Waals surface area contributed by atoms with Crippen LogP contribution in [0.1, 0.15) is 5.56 Å². The van der Waals surface area contributed by atoms with Crippen molar-refractivity contribution in [3.8, 4) is 0 Å². The number of pyridine rings is 1. The number of hydrogen-bond acceptors (Lipinski definition) is 5. The Morgan fingerprint density at radius 3 is 2.46 bits per heavy atom. The van der Waals surface area contributed by atoms with Crippen molar-refractivity contribution in [1.82, 2.24) is 4.98 Å². The molecule has 2 rings (SSSR count). The number of aromatic nitrogens is 1. The predicted molar refractivity (Wildman–Crippen MR) is 78.2 cm³/mol. The van der Waals surface area contributed by atoms with Crippen molar-refractivity contribution in [2.45, 2.75) is 11.1 Å². The van der Waals surface area contributed by atoms with E-state index in [1.807, 2.05) is 4.72 Å². The quantitative estimate of drug-likeness (QED) is 0.496. The van der Waals surface area contributed by atoms with Gasteiger partial charge in [0, 0.05) is 12.3 Å². The number of rotatable bonds is 4. The van der Waals surface area contributed by atoms with E-state index in [9.17, 15) is 31.7 Å². The van der Waals surface area contributed by atoms with Gasteiger partial charge in [0.15, 0.2) is 10.0 Å². The lowest BCUT2D eigenvalue weighted by Gasteiger charge is -2.11. The van der Waals surface area contributed by atoms with Gasteiger partial charge >= 0.3 is 6.18 Å². The largest absolute Gasteiger partial charge is 0.416 e. The van der Waals surface area contributed by atoms with Crippen LogP contribution in [0.4, 0.5) is 24.5 Å². The Hall–Kier alpha value is -2.40. The van der Waals surface area contributed by atoms with E-state index >= 15 is 0 Å². The minimum atomic E-state index is -4.85. The lowest BCUT2D eigenvalue weighted by molar-refractivity contribution is -0.388. The second-order valence-electron chi connectivity index (χ2n) is 4.38. The number of hydrogen-bond donors (Lipinski definition) is 1. The van der Waals surface area contributed by atoms with Gasteiger partial charge in [-0.2, -0.15) is 13.2 Å². The zero-order valence-electron chi connectivity index (χ0n) is 11.4. The van der Waals surface area contributed by atoms with Gasteiger partial charge < -0.3 is 0 Å². The maximum Gasteiger partial charge on any atom is 0.416 e. The highest BCUT2D eigenvalue weighted by molar-refractivity contribution is 7.92. The first-order valence-corrected chi connectivity index (χ1v) is 7.87. The van der Waals surface area contributed by atoms with Crippen LogP contribution in [0.2, 0.25) is 5.15 Å². The highest BCUT2D eigenvalue weighted by Crippen LogP contribution is 2.35. The average molecular weight is 382 g/mol. The van der Waals surface area contributed by atoms with E-state index in [1.165, 1.54) is 18.3 Å². The molecular formula is C12H7ClF3N3O4S. The Bertz CT molecular complexity index is 903. The number of nitrogens with one attached hydrogen (secondary N) is 1. The summed E-state index contributed by atoms with van der Waals surface area (Å²) in [7, 11) is -4.56. The van der Waals surface area contributed by atoms with Crippen LogP contribution in [0.3, 0.4) is 0 Å². The predicted octanol–water partition coefficient (Wildman–Crippen LogP) is 3.46. The van der Waals surface area contributed by atoms with Crippen molar-refractivity contribution in [3.05, 3.63) is 57.4 Å². The molecule has 1 aromatic heterocycles. The fraction of sp³-hybridized carbons (Fsp3) is 0.0833. The Morgan fingerprint density at radius 2 is 1.92 bits per heavy atom. The minimum Gasteiger partial charge on any atom is -0.276 e. The first-order chi connectivity index (χ1) is 11.0. The summed E-state index contributed by atoms with van der Waals surface area (Å²) >= 11 is 5.68. The van der Waals surface area contributed by atoms with E-state index in [4.69, 9.17) is 11.6 Å². The van der Waals surface area contributed by atoms with Gasteiger partial charge in [-0.1, -0.05) is 11.6 Å². The van der Waals surface area contributed by atoms with Crippen LogP contribution in [-0.4, -0.2) is 18.3 Å². The number of anilines is 1. The van der Waals surface area contributed by atoms with Gasteiger partial charge in [-0.05, 0) is 24.3 Å². The molecule has 12 heteroatoms. The van der Waals surface area contributed by atoms with Gasteiger partial charge in [-0.15, -0.1) is 0 Å². The molecule has 0 bridgehead atoms. The molecular weight excluding hydrogens is 375 g/mol. The number of nitro groups is 1. The summed E-state index contributed by atoms with van der Waals surface area (Å²) in [5.74, 6) is 0. The second-order valence-corrected chi connectivity index (χ2v) is 6.39. The number of halogens is 4. The lowest BCUT2D eigenvalue weighted by atomic mass is 10.2. The van der Waals surface area contributed by atoms with E-state index < -0.39 is 37.3 Å². The van der Waals surface area contributed by atoms with Crippen molar-refractivity contribution >= 4 is 33.0 Å². The molecule has 2 aromatic rings. The normalized spacial score (nSPS) is 12.0. The van der Waals surface area contributed by atoms with E-state index in [-0.39, 0.29) is 16.9 Å². The third-order valence-electron chi connectivity index (χ3n) is 2.78. The van der Waals surface area contributed by atoms with Gasteiger partial charge in [-0.25, -0.2) is 13.4 Å². The summed E-state index contributed by atoms with van der Waals surface area (Å²) in [4.78, 5) is 12.4. The molecule has 0 radical (unpaired) electrons. The van der Waals surface area contributed by atoms with Crippen LogP contribution in [-0.2, 0) is 16.2 Å². The molecule has 0 saturated heterocycles. The van der Waals surface area contributed by atoms with Gasteiger partial charge in [0.1, 0.15) is 0 Å². The monoisotopic (exact) mass is 381 g/mol. The molecule has 0 atom stereocenters. The van der Waals surface area contributed by atoms with Crippen molar-refractivity contribution in [3.63, 3.8) is 0 Å². The van der Waals surface area contributed by atoms with Crippen molar-refractivity contribution in [1.29, 1.82) is 0 Å². The van der Waals surface area contributed by atoms with Crippen LogP contribution < -0.4 is 4.72 Å². The van der Waals surface area contributed by atoms with Crippen LogP contribution in [0.5, 0.6) is 0 Å². The molecule has 0 aliphatic rings. The van der Waals surface area contributed by atoms with Crippen molar-refractivity contribution in [2.75, 3.05) is 4.72 Å². The number of nitrogens with zero attached hydrogens (tertiary/aromatic N) is 2. The van der Waals surface area contributed by atoms with Crippen LogP contribution in [0, 0.1) is 10.1 Å². The smallest absolute Gasteiger partial charge is 0.276 e. The standard InChI is InChI=1S/C12H7ClF3N3O4S/c13-11-8(2-1-5-17-11)18-24(22,23)10-4-3-7(12(14,15)16)6-9(10)19(20)21/h1-6,18H. The van der Waals surface area contributed by atoms with E-state index in [0.717, 1.165) is 0 Å². The Kier molecular flexibility index (Phi) is 4.67. The molecule has 0 aliphatic heterocycles. The second kappa shape index (κ2) is 6.24. The Balaban J connectivity index is 2.54. The Labute approximate surface area is 138 Å². The van der Waals surface area contributed by atoms with Gasteiger partial charge in [-0.3, -0.25) is 14.8 Å². The minimum absolute atomic E-state index is 0.152. The van der Waals surface area contributed by atoms with E-state index in [0.29, 0.717) is 12.1 Å². The topological polar surface area (TPSA) is 102 Å². The molecule has 1 aromatic carbocycles. The number of alkyl halides is 3. The number of sulfonamides is 1. The number of nitro benzene ring substituents is 1. The fourth-order valence-electron chi connectivity index (χ4n) is 1.73. The summed E-state index contributed by atoms with van der Waals surface area (Å²) < 4.78 is 64.4. The SMILES string of the molecule is O=[N+]([O-])c1cc(C(F)(F)F)ccc1S(=O)(=O)Nc1cccnc1Cl. The van der Waals surface area contributed by atoms with Gasteiger partial charge in [0.25, 0.3) is 15.7 Å². The lowest BCUT2D eigenvalue weighted by Crippen LogP contribution is -2.16. The van der Waals surface area contributed by atoms with Crippen molar-refractivity contribution in [2.24, 2.45) is 0 Å². The molecule has 0 unspecified atom stereocenters. The Morgan fingerprint density at radius 1 is 1.25 bits per heavy atom. The first kappa shape index (κ1) is 17.9. The van der Waals surface area contributed by atoms with Crippen LogP contribution in [0.25, 0.3) is 0 Å². The molecule has 0 spiro atoms. The highest BCUT2D eigenvalue weighted by Gasteiger charge is 2.35. The molecule has 0 amide bonds. The van der Waals surface area contributed by atoms with Crippen LogP contribution >= 0.6 is 11.6 Å².